The summed E-state index contributed by atoms with van der Waals surface area (Å²) in [5.41, 5.74) is 7.27. The Hall–Kier alpha value is -2.44. The van der Waals surface area contributed by atoms with Gasteiger partial charge in [-0.05, 0) is 81.6 Å². The molecule has 0 amide bonds. The quantitative estimate of drug-likeness (QED) is 0.151. The van der Waals surface area contributed by atoms with Gasteiger partial charge < -0.3 is 35.3 Å². The topological polar surface area (TPSA) is 139 Å². The van der Waals surface area contributed by atoms with Crippen molar-refractivity contribution in [2.24, 2.45) is 0 Å². The van der Waals surface area contributed by atoms with Crippen molar-refractivity contribution in [3.05, 3.63) is 72.3 Å². The normalized spacial score (nSPS) is 15.5. The Balaban J connectivity index is 0.000000178. The Morgan fingerprint density at radius 3 is 1.78 bits per heavy atom. The number of rotatable bonds is 8. The smallest absolute Gasteiger partial charge is 0.222 e. The van der Waals surface area contributed by atoms with Gasteiger partial charge >= 0.3 is 0 Å². The number of ether oxygens (including phenoxy) is 4. The first kappa shape index (κ1) is 33.9. The van der Waals surface area contributed by atoms with Crippen molar-refractivity contribution in [2.75, 3.05) is 42.8 Å². The zero-order valence-electron chi connectivity index (χ0n) is 24.0. The first-order chi connectivity index (χ1) is 21.8. The molecule has 11 nitrogen and oxygen atoms in total. The van der Waals surface area contributed by atoms with Crippen molar-refractivity contribution >= 4 is 97.3 Å². The number of nitrogens with zero attached hydrogens (tertiary/aromatic N) is 4. The number of hydrogen-bond donors (Lipinski definition) is 3. The third-order valence-electron chi connectivity index (χ3n) is 6.74. The summed E-state index contributed by atoms with van der Waals surface area (Å²) in [6.07, 6.45) is 8.38. The predicted molar refractivity (Wildman–Crippen MR) is 192 cm³/mol. The molecule has 4 aromatic rings. The van der Waals surface area contributed by atoms with Crippen LogP contribution in [0.2, 0.25) is 10.0 Å². The van der Waals surface area contributed by atoms with Gasteiger partial charge in [0.2, 0.25) is 5.95 Å². The van der Waals surface area contributed by atoms with Gasteiger partial charge in [-0.15, -0.1) is 0 Å². The Kier molecular flexibility index (Phi) is 12.8. The van der Waals surface area contributed by atoms with E-state index in [1.807, 2.05) is 36.4 Å². The van der Waals surface area contributed by atoms with E-state index in [9.17, 15) is 0 Å². The standard InChI is InChI=1S/C15H16ClIN4O2.C15H15ClIN3O2/c16-11-8-19-15(18)21-14(11)20-12-7-9(17)1-2-13(12)23-10-3-5-22-6-4-10;16-12-8-18-9-19-15(12)20-13-7-10(17)1-2-14(13)22-11-3-5-21-6-4-11/h1-2,7-8,10H,3-6H2,(H3,18,19,20,21);1-2,7-9,11H,3-6H2,(H,18,19,20). The molecule has 2 saturated heterocycles. The molecule has 0 saturated carbocycles. The van der Waals surface area contributed by atoms with E-state index in [-0.39, 0.29) is 18.2 Å². The van der Waals surface area contributed by atoms with Crippen LogP contribution in [0.15, 0.2) is 55.1 Å². The highest BCUT2D eigenvalue weighted by molar-refractivity contribution is 14.1. The van der Waals surface area contributed by atoms with Crippen LogP contribution in [0.25, 0.3) is 0 Å². The number of nitrogens with one attached hydrogen (secondary N) is 2. The largest absolute Gasteiger partial charge is 0.488 e. The van der Waals surface area contributed by atoms with Crippen LogP contribution in [-0.2, 0) is 9.47 Å². The van der Waals surface area contributed by atoms with E-state index in [4.69, 9.17) is 47.9 Å². The van der Waals surface area contributed by atoms with Crippen molar-refractivity contribution in [3.63, 3.8) is 0 Å². The molecule has 4 N–H and O–H groups in total. The lowest BCUT2D eigenvalue weighted by molar-refractivity contribution is 0.0256. The molecule has 2 aliphatic rings. The molecule has 4 heterocycles. The summed E-state index contributed by atoms with van der Waals surface area (Å²) in [6.45, 7) is 2.95. The lowest BCUT2D eigenvalue weighted by Crippen LogP contribution is -2.26. The summed E-state index contributed by atoms with van der Waals surface area (Å²) in [5.74, 6) is 2.73. The lowest BCUT2D eigenvalue weighted by Gasteiger charge is -2.24. The monoisotopic (exact) mass is 877 g/mol. The van der Waals surface area contributed by atoms with Gasteiger partial charge in [0.15, 0.2) is 11.6 Å². The lowest BCUT2D eigenvalue weighted by atomic mass is 10.1. The second kappa shape index (κ2) is 16.9. The van der Waals surface area contributed by atoms with Gasteiger partial charge in [0.05, 0.1) is 50.2 Å². The van der Waals surface area contributed by atoms with Crippen molar-refractivity contribution in [3.8, 4) is 11.5 Å². The van der Waals surface area contributed by atoms with Crippen molar-refractivity contribution in [1.29, 1.82) is 0 Å². The minimum Gasteiger partial charge on any atom is -0.488 e. The highest BCUT2D eigenvalue weighted by Crippen LogP contribution is 2.34. The van der Waals surface area contributed by atoms with Crippen LogP contribution >= 0.6 is 68.4 Å². The zero-order chi connectivity index (χ0) is 31.6. The van der Waals surface area contributed by atoms with Crippen LogP contribution in [0.3, 0.4) is 0 Å². The molecule has 0 radical (unpaired) electrons. The number of nitrogens with two attached hydrogens (primary N) is 1. The summed E-state index contributed by atoms with van der Waals surface area (Å²) in [4.78, 5) is 16.0. The molecular formula is C30H31Cl2I2N7O4. The first-order valence-electron chi connectivity index (χ1n) is 14.2. The van der Waals surface area contributed by atoms with Crippen molar-refractivity contribution in [1.82, 2.24) is 19.9 Å². The van der Waals surface area contributed by atoms with E-state index >= 15 is 0 Å². The number of nitrogen functional groups attached to an aromatic ring is 1. The second-order valence-corrected chi connectivity index (χ2v) is 13.3. The zero-order valence-corrected chi connectivity index (χ0v) is 29.8. The highest BCUT2D eigenvalue weighted by atomic mass is 127. The van der Waals surface area contributed by atoms with Gasteiger partial charge in [0.1, 0.15) is 40.1 Å². The third-order valence-corrected chi connectivity index (χ3v) is 8.64. The van der Waals surface area contributed by atoms with Crippen LogP contribution in [-0.4, -0.2) is 58.6 Å². The van der Waals surface area contributed by atoms with Crippen LogP contribution < -0.4 is 25.8 Å². The minimum absolute atomic E-state index is 0.148. The number of anilines is 5. The van der Waals surface area contributed by atoms with Gasteiger partial charge in [0, 0.05) is 32.8 Å². The molecule has 0 aliphatic carbocycles. The fourth-order valence-electron chi connectivity index (χ4n) is 4.48. The van der Waals surface area contributed by atoms with Crippen molar-refractivity contribution in [2.45, 2.75) is 37.9 Å². The Labute approximate surface area is 298 Å². The molecule has 0 spiro atoms. The summed E-state index contributed by atoms with van der Waals surface area (Å²) >= 11 is 16.7. The summed E-state index contributed by atoms with van der Waals surface area (Å²) in [5, 5.41) is 7.28. The van der Waals surface area contributed by atoms with Crippen LogP contribution in [0.1, 0.15) is 25.7 Å². The molecule has 0 atom stereocenters. The molecule has 2 aromatic heterocycles. The van der Waals surface area contributed by atoms with E-state index < -0.39 is 0 Å². The molecule has 15 heteroatoms. The molecule has 6 rings (SSSR count). The summed E-state index contributed by atoms with van der Waals surface area (Å²) in [6, 6.07) is 11.9. The predicted octanol–water partition coefficient (Wildman–Crippen LogP) is 7.65. The SMILES string of the molecule is Clc1cncnc1Nc1cc(I)ccc1OC1CCOCC1.Nc1ncc(Cl)c(Nc2cc(I)ccc2OC2CCOCC2)n1. The summed E-state index contributed by atoms with van der Waals surface area (Å²) < 4.78 is 25.1. The fraction of sp³-hybridized carbons (Fsp3) is 0.333. The van der Waals surface area contributed by atoms with Crippen molar-refractivity contribution < 1.29 is 18.9 Å². The van der Waals surface area contributed by atoms with E-state index in [2.05, 4.69) is 75.8 Å². The third kappa shape index (κ3) is 10.3. The number of hydrogen-bond acceptors (Lipinski definition) is 11. The van der Waals surface area contributed by atoms with Gasteiger partial charge in [-0.2, -0.15) is 4.98 Å². The minimum atomic E-state index is 0.148. The maximum Gasteiger partial charge on any atom is 0.222 e. The van der Waals surface area contributed by atoms with E-state index in [0.29, 0.717) is 21.7 Å². The molecule has 2 fully saturated rings. The van der Waals surface area contributed by atoms with Gasteiger partial charge in [-0.3, -0.25) is 0 Å². The Morgan fingerprint density at radius 1 is 0.733 bits per heavy atom. The molecular weight excluding hydrogens is 847 g/mol. The van der Waals surface area contributed by atoms with Crippen LogP contribution in [0.5, 0.6) is 11.5 Å². The highest BCUT2D eigenvalue weighted by Gasteiger charge is 2.19. The maximum atomic E-state index is 6.13. The van der Waals surface area contributed by atoms with Gasteiger partial charge in [0.25, 0.3) is 0 Å². The van der Waals surface area contributed by atoms with E-state index in [1.165, 1.54) is 12.5 Å². The fourth-order valence-corrected chi connectivity index (χ4v) is 5.75. The van der Waals surface area contributed by atoms with Gasteiger partial charge in [-0.25, -0.2) is 15.0 Å². The van der Waals surface area contributed by atoms with Gasteiger partial charge in [-0.1, -0.05) is 23.2 Å². The Morgan fingerprint density at radius 2 is 1.24 bits per heavy atom. The number of aromatic nitrogens is 4. The molecule has 238 valence electrons. The Bertz CT molecular complexity index is 1580. The molecule has 2 aliphatic heterocycles. The average Bonchev–Trinajstić information content (AvgIpc) is 3.04. The number of benzene rings is 2. The maximum absolute atomic E-state index is 6.13. The molecule has 0 bridgehead atoms. The molecule has 45 heavy (non-hydrogen) atoms. The molecule has 0 unspecified atom stereocenters. The number of halogens is 4. The van der Waals surface area contributed by atoms with E-state index in [0.717, 1.165) is 82.1 Å². The van der Waals surface area contributed by atoms with Crippen LogP contribution in [0.4, 0.5) is 29.0 Å². The summed E-state index contributed by atoms with van der Waals surface area (Å²) in [7, 11) is 0. The average molecular weight is 878 g/mol. The molecule has 2 aromatic carbocycles. The second-order valence-electron chi connectivity index (χ2n) is 10.0. The van der Waals surface area contributed by atoms with E-state index in [1.54, 1.807) is 6.20 Å². The first-order valence-corrected chi connectivity index (χ1v) is 17.1. The van der Waals surface area contributed by atoms with Crippen LogP contribution in [0, 0.1) is 7.14 Å².